The second-order valence-electron chi connectivity index (χ2n) is 12.8. The van der Waals surface area contributed by atoms with Crippen LogP contribution in [0.3, 0.4) is 0 Å². The molecule has 2 aromatic carbocycles. The van der Waals surface area contributed by atoms with Crippen LogP contribution in [0.4, 0.5) is 4.39 Å². The highest BCUT2D eigenvalue weighted by molar-refractivity contribution is 7.52. The smallest absolute Gasteiger partial charge is 0.459 e. The van der Waals surface area contributed by atoms with Crippen molar-refractivity contribution in [1.29, 1.82) is 0 Å². The van der Waals surface area contributed by atoms with Crippen molar-refractivity contribution in [2.24, 2.45) is 0 Å². The molecule has 20 heteroatoms. The van der Waals surface area contributed by atoms with Gasteiger partial charge < -0.3 is 23.3 Å². The first kappa shape index (κ1) is 42.6. The first-order valence-corrected chi connectivity index (χ1v) is 20.1. The van der Waals surface area contributed by atoms with Crippen LogP contribution in [-0.2, 0) is 42.0 Å². The Hall–Kier alpha value is -4.15. The Balaban J connectivity index is 1.72. The van der Waals surface area contributed by atoms with Crippen LogP contribution in [0.1, 0.15) is 53.3 Å². The van der Waals surface area contributed by atoms with Crippen LogP contribution in [0, 0.1) is 6.92 Å². The third-order valence-corrected chi connectivity index (χ3v) is 10.7. The highest BCUT2D eigenvalue weighted by atomic mass is 31.2. The summed E-state index contributed by atoms with van der Waals surface area (Å²) in [5, 5.41) is 4.98. The number of alkyl halides is 1. The van der Waals surface area contributed by atoms with E-state index in [1.54, 1.807) is 64.1 Å². The van der Waals surface area contributed by atoms with Gasteiger partial charge >= 0.3 is 33.1 Å². The largest absolute Gasteiger partial charge is 0.462 e. The van der Waals surface area contributed by atoms with Crippen LogP contribution in [0.2, 0.25) is 0 Å². The fourth-order valence-electron chi connectivity index (χ4n) is 4.94. The summed E-state index contributed by atoms with van der Waals surface area (Å²) in [6.07, 6.45) is -7.69. The number of nitrogens with zero attached hydrogens (tertiary/aromatic N) is 1. The van der Waals surface area contributed by atoms with Crippen molar-refractivity contribution in [1.82, 2.24) is 19.7 Å². The summed E-state index contributed by atoms with van der Waals surface area (Å²) in [6, 6.07) is 12.9. The molecule has 0 amide bonds. The normalized spacial score (nSPS) is 21.8. The first-order valence-electron chi connectivity index (χ1n) is 17.0. The Bertz CT molecular complexity index is 1950. The summed E-state index contributed by atoms with van der Waals surface area (Å²) >= 11 is 0. The number of nitrogens with one attached hydrogen (secondary N) is 3. The van der Waals surface area contributed by atoms with Crippen LogP contribution in [-0.4, -0.2) is 70.8 Å². The molecule has 17 nitrogen and oxygen atoms in total. The van der Waals surface area contributed by atoms with E-state index in [9.17, 15) is 28.3 Å². The summed E-state index contributed by atoms with van der Waals surface area (Å²) in [5.74, 6) is -1.53. The van der Waals surface area contributed by atoms with Gasteiger partial charge in [-0.1, -0.05) is 36.4 Å². The standard InChI is InChI=1S/C34H45FN4O13P2/c1-20(2)47-32(41)23(6)37-53(44,50-25-14-10-8-11-15-25)46-19-27-29(28(35)31(49-27)39-18-22(5)30(40)36-34(39)43)52-54(45,51-26-16-12-9-13-17-26)38-24(7)33(42)48-21(3)4/h8-18,20-21,23-24,27-29,31H,19H2,1-7H3,(H,37,44)(H,38,45)(H,36,40,43)/t23-,24?,27-,28?,29-,31?,53-,54?/m0/s1. The van der Waals surface area contributed by atoms with Gasteiger partial charge in [0.05, 0.1) is 18.8 Å². The van der Waals surface area contributed by atoms with E-state index in [1.807, 2.05) is 0 Å². The lowest BCUT2D eigenvalue weighted by Crippen LogP contribution is -2.41. The Kier molecular flexibility index (Phi) is 14.6. The van der Waals surface area contributed by atoms with E-state index in [1.165, 1.54) is 45.0 Å². The second-order valence-corrected chi connectivity index (χ2v) is 16.2. The summed E-state index contributed by atoms with van der Waals surface area (Å²) in [6.45, 7) is 9.72. The number of hydrogen-bond donors (Lipinski definition) is 3. The predicted octanol–water partition coefficient (Wildman–Crippen LogP) is 4.72. The fraction of sp³-hybridized carbons (Fsp3) is 0.471. The van der Waals surface area contributed by atoms with Gasteiger partial charge in [0.15, 0.2) is 12.4 Å². The molecule has 1 aromatic heterocycles. The molecule has 1 fully saturated rings. The molecule has 1 aliphatic rings. The van der Waals surface area contributed by atoms with Gasteiger partial charge in [0.25, 0.3) is 5.56 Å². The van der Waals surface area contributed by atoms with Crippen LogP contribution in [0.25, 0.3) is 0 Å². The molecule has 8 atom stereocenters. The number of rotatable bonds is 18. The average molecular weight is 799 g/mol. The van der Waals surface area contributed by atoms with Crippen LogP contribution in [0.5, 0.6) is 11.5 Å². The molecule has 0 bridgehead atoms. The van der Waals surface area contributed by atoms with Gasteiger partial charge in [-0.25, -0.2) is 18.3 Å². The van der Waals surface area contributed by atoms with Crippen molar-refractivity contribution in [2.45, 2.75) is 97.4 Å². The van der Waals surface area contributed by atoms with E-state index < -0.39 is 94.2 Å². The number of carbonyl (C=O) groups excluding carboxylic acids is 2. The van der Waals surface area contributed by atoms with Gasteiger partial charge in [0.1, 0.15) is 35.8 Å². The predicted molar refractivity (Wildman–Crippen MR) is 193 cm³/mol. The molecule has 3 N–H and O–H groups in total. The molecular weight excluding hydrogens is 753 g/mol. The number of halogens is 1. The van der Waals surface area contributed by atoms with Crippen molar-refractivity contribution >= 4 is 27.4 Å². The summed E-state index contributed by atoms with van der Waals surface area (Å²) in [7, 11) is -9.35. The van der Waals surface area contributed by atoms with Crippen LogP contribution >= 0.6 is 15.5 Å². The Morgan fingerprint density at radius 2 is 1.31 bits per heavy atom. The number of aryl methyl sites for hydroxylation is 1. The third kappa shape index (κ3) is 11.7. The minimum absolute atomic E-state index is 0.0103. The number of ether oxygens (including phenoxy) is 3. The number of aromatic amines is 1. The Labute approximate surface area is 311 Å². The molecule has 1 saturated heterocycles. The minimum Gasteiger partial charge on any atom is -0.462 e. The number of hydrogen-bond acceptors (Lipinski definition) is 13. The van der Waals surface area contributed by atoms with E-state index in [0.29, 0.717) is 0 Å². The average Bonchev–Trinajstić information content (AvgIpc) is 3.39. The molecule has 4 rings (SSSR count). The topological polar surface area (TPSA) is 212 Å². The number of para-hydroxylation sites is 2. The lowest BCUT2D eigenvalue weighted by atomic mass is 10.1. The first-order chi connectivity index (χ1) is 25.4. The fourth-order valence-corrected chi connectivity index (χ4v) is 8.15. The minimum atomic E-state index is -4.78. The maximum absolute atomic E-state index is 16.7. The number of benzene rings is 2. The summed E-state index contributed by atoms with van der Waals surface area (Å²) in [4.78, 5) is 52.5. The van der Waals surface area contributed by atoms with Gasteiger partial charge in [-0.2, -0.15) is 10.2 Å². The molecule has 0 radical (unpaired) electrons. The Morgan fingerprint density at radius 3 is 1.81 bits per heavy atom. The zero-order valence-electron chi connectivity index (χ0n) is 30.7. The second kappa shape index (κ2) is 18.5. The lowest BCUT2D eigenvalue weighted by Gasteiger charge is -2.29. The zero-order chi connectivity index (χ0) is 39.8. The number of aromatic nitrogens is 2. The van der Waals surface area contributed by atoms with Crippen molar-refractivity contribution in [3.8, 4) is 11.5 Å². The molecule has 2 heterocycles. The zero-order valence-corrected chi connectivity index (χ0v) is 32.5. The molecule has 0 saturated carbocycles. The molecule has 0 spiro atoms. The van der Waals surface area contributed by atoms with Gasteiger partial charge in [-0.3, -0.25) is 33.0 Å². The SMILES string of the molecule is Cc1cn(C2O[C@@H](CO[P@@](=O)(N[C@@H](C)C(=O)OC(C)C)Oc3ccccc3)[C@H](OP(=O)(NC(C)C(=O)OC(C)C)Oc3ccccc3)C2F)c(=O)[nH]c1=O. The van der Waals surface area contributed by atoms with E-state index >= 15 is 4.39 Å². The summed E-state index contributed by atoms with van der Waals surface area (Å²) < 4.78 is 85.6. The van der Waals surface area contributed by atoms with Crippen molar-refractivity contribution in [3.05, 3.63) is 93.3 Å². The number of carbonyl (C=O) groups is 2. The summed E-state index contributed by atoms with van der Waals surface area (Å²) in [5.41, 5.74) is -1.73. The van der Waals surface area contributed by atoms with Gasteiger partial charge in [-0.05, 0) is 72.7 Å². The molecule has 296 valence electrons. The highest BCUT2D eigenvalue weighted by Gasteiger charge is 2.52. The molecule has 4 unspecified atom stereocenters. The van der Waals surface area contributed by atoms with E-state index in [2.05, 4.69) is 15.2 Å². The van der Waals surface area contributed by atoms with Crippen molar-refractivity contribution in [2.75, 3.05) is 6.61 Å². The van der Waals surface area contributed by atoms with Gasteiger partial charge in [0, 0.05) is 11.8 Å². The maximum atomic E-state index is 16.7. The van der Waals surface area contributed by atoms with Crippen molar-refractivity contribution in [3.63, 3.8) is 0 Å². The third-order valence-electron chi connectivity index (χ3n) is 7.41. The molecule has 54 heavy (non-hydrogen) atoms. The quantitative estimate of drug-likeness (QED) is 0.117. The number of H-pyrrole nitrogens is 1. The monoisotopic (exact) mass is 798 g/mol. The molecule has 1 aliphatic heterocycles. The van der Waals surface area contributed by atoms with Gasteiger partial charge in [-0.15, -0.1) is 0 Å². The Morgan fingerprint density at radius 1 is 0.833 bits per heavy atom. The van der Waals surface area contributed by atoms with Crippen molar-refractivity contribution < 1.29 is 55.4 Å². The maximum Gasteiger partial charge on any atom is 0.459 e. The van der Waals surface area contributed by atoms with Gasteiger partial charge in [0.2, 0.25) is 0 Å². The van der Waals surface area contributed by atoms with Crippen LogP contribution in [0.15, 0.2) is 76.4 Å². The lowest BCUT2D eigenvalue weighted by molar-refractivity contribution is -0.150. The molecular formula is C34H45FN4O13P2. The van der Waals surface area contributed by atoms with E-state index in [-0.39, 0.29) is 17.1 Å². The highest BCUT2D eigenvalue weighted by Crippen LogP contribution is 2.51. The van der Waals surface area contributed by atoms with Crippen LogP contribution < -0.4 is 30.5 Å². The number of esters is 2. The molecule has 0 aliphatic carbocycles. The van der Waals surface area contributed by atoms with E-state index in [0.717, 1.165) is 10.8 Å². The van der Waals surface area contributed by atoms with E-state index in [4.69, 9.17) is 32.3 Å². The molecule has 3 aromatic rings.